The van der Waals surface area contributed by atoms with Crippen molar-refractivity contribution in [2.45, 2.75) is 26.9 Å². The van der Waals surface area contributed by atoms with Gasteiger partial charge in [-0.05, 0) is 31.4 Å². The molecule has 2 aromatic rings. The van der Waals surface area contributed by atoms with Crippen LogP contribution in [0.4, 0.5) is 0 Å². The number of hydrogen-bond donors (Lipinski definition) is 0. The maximum Gasteiger partial charge on any atom is 0.267 e. The van der Waals surface area contributed by atoms with E-state index in [0.717, 1.165) is 23.8 Å². The van der Waals surface area contributed by atoms with E-state index in [1.807, 2.05) is 17.7 Å². The average molecular weight is 265 g/mol. The second-order valence-electron chi connectivity index (χ2n) is 3.99. The number of hydrogen-bond acceptors (Lipinski definition) is 5. The largest absolute Gasteiger partial charge is 0.335 e. The van der Waals surface area contributed by atoms with Gasteiger partial charge in [-0.2, -0.15) is 5.10 Å². The summed E-state index contributed by atoms with van der Waals surface area (Å²) in [6, 6.07) is 1.92. The van der Waals surface area contributed by atoms with Gasteiger partial charge in [-0.3, -0.25) is 9.48 Å². The van der Waals surface area contributed by atoms with E-state index < -0.39 is 0 Å². The number of carbonyl (C=O) groups is 1. The van der Waals surface area contributed by atoms with E-state index in [-0.39, 0.29) is 5.91 Å². The van der Waals surface area contributed by atoms with E-state index in [0.29, 0.717) is 17.1 Å². The summed E-state index contributed by atoms with van der Waals surface area (Å²) < 4.78 is 5.66. The van der Waals surface area contributed by atoms with Gasteiger partial charge in [0.05, 0.1) is 17.9 Å². The number of rotatable bonds is 4. The third-order valence-electron chi connectivity index (χ3n) is 2.70. The lowest BCUT2D eigenvalue weighted by Gasteiger charge is -2.16. The molecular formula is C11H15N5OS. The van der Waals surface area contributed by atoms with Crippen LogP contribution < -0.4 is 0 Å². The minimum Gasteiger partial charge on any atom is -0.335 e. The maximum atomic E-state index is 12.2. The van der Waals surface area contributed by atoms with Crippen molar-refractivity contribution in [3.63, 3.8) is 0 Å². The Kier molecular flexibility index (Phi) is 3.71. The molecule has 0 atom stereocenters. The van der Waals surface area contributed by atoms with Gasteiger partial charge in [-0.15, -0.1) is 5.10 Å². The van der Waals surface area contributed by atoms with Gasteiger partial charge in [0, 0.05) is 19.8 Å². The molecule has 0 fully saturated rings. The van der Waals surface area contributed by atoms with Gasteiger partial charge in [0.1, 0.15) is 4.88 Å². The van der Waals surface area contributed by atoms with Crippen molar-refractivity contribution in [2.75, 3.05) is 7.05 Å². The molecular weight excluding hydrogens is 250 g/mol. The normalized spacial score (nSPS) is 10.6. The zero-order valence-electron chi connectivity index (χ0n) is 10.6. The molecule has 0 aliphatic rings. The smallest absolute Gasteiger partial charge is 0.267 e. The van der Waals surface area contributed by atoms with Crippen LogP contribution in [-0.2, 0) is 13.1 Å². The Morgan fingerprint density at radius 2 is 2.33 bits per heavy atom. The first-order valence-electron chi connectivity index (χ1n) is 5.68. The van der Waals surface area contributed by atoms with Crippen LogP contribution in [0.15, 0.2) is 12.3 Å². The van der Waals surface area contributed by atoms with Crippen LogP contribution in [0.25, 0.3) is 0 Å². The molecule has 0 unspecified atom stereocenters. The van der Waals surface area contributed by atoms with Gasteiger partial charge in [-0.1, -0.05) is 4.49 Å². The van der Waals surface area contributed by atoms with Crippen molar-refractivity contribution in [1.82, 2.24) is 24.3 Å². The second-order valence-corrected chi connectivity index (χ2v) is 4.74. The zero-order chi connectivity index (χ0) is 13.1. The fourth-order valence-electron chi connectivity index (χ4n) is 1.70. The highest BCUT2D eigenvalue weighted by Gasteiger charge is 2.18. The molecule has 0 N–H and O–H groups in total. The average Bonchev–Trinajstić information content (AvgIpc) is 2.96. The summed E-state index contributed by atoms with van der Waals surface area (Å²) in [6.45, 7) is 5.14. The monoisotopic (exact) mass is 265 g/mol. The van der Waals surface area contributed by atoms with E-state index >= 15 is 0 Å². The number of amides is 1. The number of aromatic nitrogens is 4. The molecule has 0 aromatic carbocycles. The molecule has 0 spiro atoms. The summed E-state index contributed by atoms with van der Waals surface area (Å²) in [5, 5.41) is 8.04. The Labute approximate surface area is 109 Å². The van der Waals surface area contributed by atoms with Gasteiger partial charge in [0.2, 0.25) is 0 Å². The molecule has 0 bridgehead atoms. The minimum absolute atomic E-state index is 0.0497. The number of nitrogens with zero attached hydrogens (tertiary/aromatic N) is 5. The van der Waals surface area contributed by atoms with Gasteiger partial charge in [0.25, 0.3) is 5.91 Å². The van der Waals surface area contributed by atoms with Crippen LogP contribution in [0.3, 0.4) is 0 Å². The molecule has 96 valence electrons. The van der Waals surface area contributed by atoms with Crippen molar-refractivity contribution in [3.8, 4) is 0 Å². The van der Waals surface area contributed by atoms with Gasteiger partial charge in [0.15, 0.2) is 0 Å². The summed E-state index contributed by atoms with van der Waals surface area (Å²) in [5.41, 5.74) is 1.70. The third-order valence-corrected chi connectivity index (χ3v) is 3.51. The minimum atomic E-state index is -0.0497. The predicted molar refractivity (Wildman–Crippen MR) is 68.3 cm³/mol. The molecule has 0 aliphatic carbocycles. The number of aryl methyl sites for hydroxylation is 2. The highest BCUT2D eigenvalue weighted by Crippen LogP contribution is 2.13. The standard InChI is InChI=1S/C11H15N5OS/c1-4-16-9(5-6-12-16)7-15(3)11(17)10-8(2)13-14-18-10/h5-6H,4,7H2,1-3H3. The van der Waals surface area contributed by atoms with Gasteiger partial charge >= 0.3 is 0 Å². The highest BCUT2D eigenvalue weighted by atomic mass is 32.1. The lowest BCUT2D eigenvalue weighted by atomic mass is 10.3. The molecule has 0 saturated heterocycles. The lowest BCUT2D eigenvalue weighted by molar-refractivity contribution is 0.0785. The van der Waals surface area contributed by atoms with Crippen molar-refractivity contribution in [2.24, 2.45) is 0 Å². The molecule has 0 aliphatic heterocycles. The molecule has 0 radical (unpaired) electrons. The summed E-state index contributed by atoms with van der Waals surface area (Å²) >= 11 is 1.13. The van der Waals surface area contributed by atoms with Crippen molar-refractivity contribution < 1.29 is 4.79 Å². The van der Waals surface area contributed by atoms with Crippen LogP contribution in [0.2, 0.25) is 0 Å². The van der Waals surface area contributed by atoms with Crippen LogP contribution in [0.1, 0.15) is 28.0 Å². The maximum absolute atomic E-state index is 12.2. The van der Waals surface area contributed by atoms with E-state index in [9.17, 15) is 4.79 Å². The SMILES string of the molecule is CCn1nccc1CN(C)C(=O)c1snnc1C. The van der Waals surface area contributed by atoms with Crippen LogP contribution in [0, 0.1) is 6.92 Å². The fourth-order valence-corrected chi connectivity index (χ4v) is 2.35. The molecule has 2 rings (SSSR count). The van der Waals surface area contributed by atoms with Gasteiger partial charge < -0.3 is 4.90 Å². The lowest BCUT2D eigenvalue weighted by Crippen LogP contribution is -2.27. The zero-order valence-corrected chi connectivity index (χ0v) is 11.4. The molecule has 2 heterocycles. The predicted octanol–water partition coefficient (Wildman–Crippen LogP) is 1.34. The molecule has 0 saturated carbocycles. The molecule has 1 amide bonds. The fraction of sp³-hybridized carbons (Fsp3) is 0.455. The molecule has 6 nitrogen and oxygen atoms in total. The Morgan fingerprint density at radius 1 is 1.56 bits per heavy atom. The first-order valence-corrected chi connectivity index (χ1v) is 6.46. The molecule has 7 heteroatoms. The van der Waals surface area contributed by atoms with E-state index in [1.54, 1.807) is 25.1 Å². The number of carbonyl (C=O) groups excluding carboxylic acids is 1. The Morgan fingerprint density at radius 3 is 2.94 bits per heavy atom. The van der Waals surface area contributed by atoms with Crippen LogP contribution >= 0.6 is 11.5 Å². The topological polar surface area (TPSA) is 63.9 Å². The summed E-state index contributed by atoms with van der Waals surface area (Å²) in [6.07, 6.45) is 1.75. The Hall–Kier alpha value is -1.76. The Balaban J connectivity index is 2.11. The first kappa shape index (κ1) is 12.7. The van der Waals surface area contributed by atoms with Crippen molar-refractivity contribution in [1.29, 1.82) is 0 Å². The van der Waals surface area contributed by atoms with Crippen LogP contribution in [0.5, 0.6) is 0 Å². The second kappa shape index (κ2) is 5.26. The third kappa shape index (κ3) is 2.40. The van der Waals surface area contributed by atoms with E-state index in [2.05, 4.69) is 14.7 Å². The van der Waals surface area contributed by atoms with Gasteiger partial charge in [-0.25, -0.2) is 0 Å². The Bertz CT molecular complexity index is 547. The highest BCUT2D eigenvalue weighted by molar-refractivity contribution is 7.07. The summed E-state index contributed by atoms with van der Waals surface area (Å²) in [5.74, 6) is -0.0497. The summed E-state index contributed by atoms with van der Waals surface area (Å²) in [7, 11) is 1.77. The van der Waals surface area contributed by atoms with E-state index in [4.69, 9.17) is 0 Å². The quantitative estimate of drug-likeness (QED) is 0.836. The first-order chi connectivity index (χ1) is 8.63. The van der Waals surface area contributed by atoms with Crippen LogP contribution in [-0.4, -0.2) is 37.2 Å². The van der Waals surface area contributed by atoms with Crippen molar-refractivity contribution in [3.05, 3.63) is 28.5 Å². The van der Waals surface area contributed by atoms with E-state index in [1.165, 1.54) is 0 Å². The molecule has 2 aromatic heterocycles. The summed E-state index contributed by atoms with van der Waals surface area (Å²) in [4.78, 5) is 14.4. The van der Waals surface area contributed by atoms with Crippen molar-refractivity contribution >= 4 is 17.4 Å². The molecule has 18 heavy (non-hydrogen) atoms.